The molecule has 0 aliphatic heterocycles. The van der Waals surface area contributed by atoms with Gasteiger partial charge in [0.05, 0.1) is 6.20 Å². The number of rotatable bonds is 3. The second-order valence-corrected chi connectivity index (χ2v) is 3.74. The van der Waals surface area contributed by atoms with Crippen LogP contribution in [0.5, 0.6) is 0 Å². The van der Waals surface area contributed by atoms with Crippen molar-refractivity contribution < 1.29 is 9.18 Å². The van der Waals surface area contributed by atoms with Crippen molar-refractivity contribution in [3.63, 3.8) is 0 Å². The Morgan fingerprint density at radius 2 is 2.17 bits per heavy atom. The Labute approximate surface area is 104 Å². The lowest BCUT2D eigenvalue weighted by Gasteiger charge is -2.08. The number of aryl methyl sites for hydroxylation is 1. The highest BCUT2D eigenvalue weighted by Crippen LogP contribution is 2.06. The van der Waals surface area contributed by atoms with Crippen LogP contribution in [0, 0.1) is 5.82 Å². The molecule has 18 heavy (non-hydrogen) atoms. The molecule has 0 saturated carbocycles. The predicted molar refractivity (Wildman–Crippen MR) is 65.5 cm³/mol. The Bertz CT molecular complexity index is 553. The number of benzene rings is 1. The van der Waals surface area contributed by atoms with Crippen LogP contribution in [0.1, 0.15) is 5.56 Å². The summed E-state index contributed by atoms with van der Waals surface area (Å²) >= 11 is 0. The smallest absolute Gasteiger partial charge is 0.320 e. The van der Waals surface area contributed by atoms with Crippen LogP contribution < -0.4 is 10.6 Å². The Kier molecular flexibility index (Phi) is 3.57. The summed E-state index contributed by atoms with van der Waals surface area (Å²) in [6.07, 6.45) is 1.58. The monoisotopic (exact) mass is 248 g/mol. The minimum atomic E-state index is -0.401. The van der Waals surface area contributed by atoms with Gasteiger partial charge in [-0.05, 0) is 6.07 Å². The largest absolute Gasteiger partial charge is 0.334 e. The molecule has 2 rings (SSSR count). The number of anilines is 1. The fraction of sp³-hybridized carbons (Fsp3) is 0.167. The van der Waals surface area contributed by atoms with Crippen molar-refractivity contribution in [3.05, 3.63) is 47.9 Å². The van der Waals surface area contributed by atoms with Crippen molar-refractivity contribution in [1.82, 2.24) is 15.1 Å². The minimum absolute atomic E-state index is 0.135. The van der Waals surface area contributed by atoms with Crippen molar-refractivity contribution in [2.45, 2.75) is 6.54 Å². The number of nitrogens with zero attached hydrogens (tertiary/aromatic N) is 2. The highest BCUT2D eigenvalue weighted by molar-refractivity contribution is 5.88. The van der Waals surface area contributed by atoms with Crippen molar-refractivity contribution >= 4 is 11.8 Å². The van der Waals surface area contributed by atoms with Crippen LogP contribution >= 0.6 is 0 Å². The molecule has 94 valence electrons. The number of aromatic nitrogens is 2. The van der Waals surface area contributed by atoms with E-state index in [0.717, 1.165) is 0 Å². The number of carbonyl (C=O) groups excluding carboxylic acids is 1. The van der Waals surface area contributed by atoms with Gasteiger partial charge < -0.3 is 5.32 Å². The molecule has 0 unspecified atom stereocenters. The molecule has 2 amide bonds. The maximum Gasteiger partial charge on any atom is 0.320 e. The van der Waals surface area contributed by atoms with Crippen molar-refractivity contribution in [1.29, 1.82) is 0 Å². The van der Waals surface area contributed by atoms with Gasteiger partial charge in [0.15, 0.2) is 0 Å². The summed E-state index contributed by atoms with van der Waals surface area (Å²) in [5.74, 6) is 0.236. The quantitative estimate of drug-likeness (QED) is 0.871. The van der Waals surface area contributed by atoms with E-state index in [0.29, 0.717) is 11.4 Å². The van der Waals surface area contributed by atoms with Gasteiger partial charge in [0.25, 0.3) is 0 Å². The molecule has 0 atom stereocenters. The molecule has 5 nitrogen and oxygen atoms in total. The number of halogens is 1. The maximum atomic E-state index is 13.3. The summed E-state index contributed by atoms with van der Waals surface area (Å²) < 4.78 is 14.8. The standard InChI is InChI=1S/C12H13FN4O/c1-17-11(6-7-15-17)16-12(18)14-8-9-4-2-3-5-10(9)13/h2-7H,8H2,1H3,(H2,14,16,18). The summed E-state index contributed by atoms with van der Waals surface area (Å²) in [5, 5.41) is 9.10. The van der Waals surface area contributed by atoms with Crippen molar-refractivity contribution in [2.24, 2.45) is 7.05 Å². The lowest BCUT2D eigenvalue weighted by molar-refractivity contribution is 0.251. The highest BCUT2D eigenvalue weighted by Gasteiger charge is 2.06. The summed E-state index contributed by atoms with van der Waals surface area (Å²) in [7, 11) is 1.71. The van der Waals surface area contributed by atoms with Gasteiger partial charge in [-0.15, -0.1) is 0 Å². The molecule has 2 N–H and O–H groups in total. The SMILES string of the molecule is Cn1nccc1NC(=O)NCc1ccccc1F. The van der Waals surface area contributed by atoms with Gasteiger partial charge in [0, 0.05) is 25.2 Å². The lowest BCUT2D eigenvalue weighted by Crippen LogP contribution is -2.29. The third kappa shape index (κ3) is 2.85. The molecule has 0 aliphatic carbocycles. The van der Waals surface area contributed by atoms with Crippen molar-refractivity contribution in [3.8, 4) is 0 Å². The number of hydrogen-bond donors (Lipinski definition) is 2. The Hall–Kier alpha value is -2.37. The zero-order chi connectivity index (χ0) is 13.0. The number of amides is 2. The first-order chi connectivity index (χ1) is 8.66. The molecule has 1 aromatic heterocycles. The third-order valence-electron chi connectivity index (χ3n) is 2.46. The molecule has 0 radical (unpaired) electrons. The Balaban J connectivity index is 1.90. The second kappa shape index (κ2) is 5.31. The van der Waals surface area contributed by atoms with Crippen molar-refractivity contribution in [2.75, 3.05) is 5.32 Å². The van der Waals surface area contributed by atoms with Gasteiger partial charge >= 0.3 is 6.03 Å². The van der Waals surface area contributed by atoms with E-state index in [1.807, 2.05) is 0 Å². The first-order valence-corrected chi connectivity index (χ1v) is 5.43. The first-order valence-electron chi connectivity index (χ1n) is 5.43. The summed E-state index contributed by atoms with van der Waals surface area (Å²) in [6.45, 7) is 0.135. The summed E-state index contributed by atoms with van der Waals surface area (Å²) in [5.41, 5.74) is 0.442. The molecule has 0 saturated heterocycles. The molecule has 1 heterocycles. The Morgan fingerprint density at radius 1 is 1.39 bits per heavy atom. The zero-order valence-electron chi connectivity index (χ0n) is 9.85. The van der Waals surface area contributed by atoms with Gasteiger partial charge in [-0.2, -0.15) is 5.10 Å². The topological polar surface area (TPSA) is 59.0 Å². The van der Waals surface area contributed by atoms with Gasteiger partial charge in [-0.3, -0.25) is 10.00 Å². The van der Waals surface area contributed by atoms with E-state index in [-0.39, 0.29) is 12.4 Å². The molecule has 0 bridgehead atoms. The van der Waals surface area contributed by atoms with E-state index in [9.17, 15) is 9.18 Å². The third-order valence-corrected chi connectivity index (χ3v) is 2.46. The summed E-state index contributed by atoms with van der Waals surface area (Å²) in [6, 6.07) is 7.58. The van der Waals surface area contributed by atoms with Gasteiger partial charge in [0.1, 0.15) is 11.6 Å². The molecule has 1 aromatic carbocycles. The van der Waals surface area contributed by atoms with E-state index in [1.54, 1.807) is 37.5 Å². The zero-order valence-corrected chi connectivity index (χ0v) is 9.85. The maximum absolute atomic E-state index is 13.3. The van der Waals surface area contributed by atoms with E-state index in [4.69, 9.17) is 0 Å². The van der Waals surface area contributed by atoms with E-state index in [2.05, 4.69) is 15.7 Å². The number of urea groups is 1. The van der Waals surface area contributed by atoms with Crippen LogP contribution in [-0.2, 0) is 13.6 Å². The molecular formula is C12H13FN4O. The van der Waals surface area contributed by atoms with Crippen LogP contribution in [-0.4, -0.2) is 15.8 Å². The van der Waals surface area contributed by atoms with Crippen LogP contribution in [0.4, 0.5) is 15.0 Å². The van der Waals surface area contributed by atoms with E-state index >= 15 is 0 Å². The number of hydrogen-bond acceptors (Lipinski definition) is 2. The van der Waals surface area contributed by atoms with Gasteiger partial charge in [-0.1, -0.05) is 18.2 Å². The minimum Gasteiger partial charge on any atom is -0.334 e. The number of nitrogens with one attached hydrogen (secondary N) is 2. The lowest BCUT2D eigenvalue weighted by atomic mass is 10.2. The Morgan fingerprint density at radius 3 is 2.83 bits per heavy atom. The second-order valence-electron chi connectivity index (χ2n) is 3.74. The molecular weight excluding hydrogens is 235 g/mol. The van der Waals surface area contributed by atoms with Gasteiger partial charge in [0.2, 0.25) is 0 Å². The normalized spacial score (nSPS) is 10.1. The average molecular weight is 248 g/mol. The van der Waals surface area contributed by atoms with Crippen LogP contribution in [0.2, 0.25) is 0 Å². The van der Waals surface area contributed by atoms with Gasteiger partial charge in [-0.25, -0.2) is 9.18 Å². The first kappa shape index (κ1) is 12.1. The van der Waals surface area contributed by atoms with E-state index in [1.165, 1.54) is 10.7 Å². The highest BCUT2D eigenvalue weighted by atomic mass is 19.1. The van der Waals surface area contributed by atoms with Crippen LogP contribution in [0.3, 0.4) is 0 Å². The predicted octanol–water partition coefficient (Wildman–Crippen LogP) is 1.88. The molecule has 0 spiro atoms. The van der Waals surface area contributed by atoms with E-state index < -0.39 is 6.03 Å². The molecule has 0 fully saturated rings. The molecule has 2 aromatic rings. The fourth-order valence-electron chi connectivity index (χ4n) is 1.47. The van der Waals surface area contributed by atoms with Crippen LogP contribution in [0.15, 0.2) is 36.5 Å². The fourth-order valence-corrected chi connectivity index (χ4v) is 1.47. The molecule has 6 heteroatoms. The molecule has 0 aliphatic rings. The van der Waals surface area contributed by atoms with Crippen LogP contribution in [0.25, 0.3) is 0 Å². The average Bonchev–Trinajstić information content (AvgIpc) is 2.74. The number of carbonyl (C=O) groups is 1. The summed E-state index contributed by atoms with van der Waals surface area (Å²) in [4.78, 5) is 11.6.